The predicted molar refractivity (Wildman–Crippen MR) is 121 cm³/mol. The van der Waals surface area contributed by atoms with Crippen LogP contribution in [0.15, 0.2) is 59.6 Å². The lowest BCUT2D eigenvalue weighted by atomic mass is 10.1. The zero-order valence-corrected chi connectivity index (χ0v) is 17.8. The Morgan fingerprint density at radius 1 is 1.11 bits per heavy atom. The summed E-state index contributed by atoms with van der Waals surface area (Å²) in [4.78, 5) is 4.40. The molecule has 2 aromatic rings. The van der Waals surface area contributed by atoms with Crippen LogP contribution in [0.2, 0.25) is 0 Å². The van der Waals surface area contributed by atoms with Gasteiger partial charge in [0.1, 0.15) is 11.5 Å². The number of halogens is 1. The van der Waals surface area contributed by atoms with Crippen molar-refractivity contribution in [3.05, 3.63) is 54.6 Å². The third-order valence-corrected chi connectivity index (χ3v) is 4.33. The number of anilines is 1. The Morgan fingerprint density at radius 3 is 2.70 bits per heavy atom. The van der Waals surface area contributed by atoms with Crippen molar-refractivity contribution in [2.24, 2.45) is 10.7 Å². The van der Waals surface area contributed by atoms with Gasteiger partial charge in [0.25, 0.3) is 0 Å². The number of ether oxygens (including phenoxy) is 2. The smallest absolute Gasteiger partial charge is 0.193 e. The van der Waals surface area contributed by atoms with Gasteiger partial charge in [0.2, 0.25) is 0 Å². The molecule has 1 aliphatic rings. The summed E-state index contributed by atoms with van der Waals surface area (Å²) in [6.45, 7) is 1.61. The molecule has 6 heteroatoms. The van der Waals surface area contributed by atoms with Crippen LogP contribution in [0.4, 0.5) is 5.69 Å². The number of aliphatic imine (C=N–C) groups is 1. The lowest BCUT2D eigenvalue weighted by Gasteiger charge is -2.22. The summed E-state index contributed by atoms with van der Waals surface area (Å²) in [6, 6.07) is 17.4. The summed E-state index contributed by atoms with van der Waals surface area (Å²) in [5, 5.41) is 3.12. The van der Waals surface area contributed by atoms with Gasteiger partial charge in [0.15, 0.2) is 5.96 Å². The first-order chi connectivity index (χ1) is 12.8. The Kier molecular flexibility index (Phi) is 9.41. The van der Waals surface area contributed by atoms with E-state index in [2.05, 4.69) is 10.3 Å². The maximum absolute atomic E-state index is 5.99. The van der Waals surface area contributed by atoms with E-state index in [0.717, 1.165) is 36.6 Å². The van der Waals surface area contributed by atoms with Gasteiger partial charge in [0.05, 0.1) is 6.10 Å². The summed E-state index contributed by atoms with van der Waals surface area (Å²) < 4.78 is 11.6. The molecule has 1 atom stereocenters. The molecule has 0 saturated carbocycles. The number of nitrogens with zero attached hydrogens (tertiary/aromatic N) is 1. The fourth-order valence-corrected chi connectivity index (χ4v) is 3.00. The van der Waals surface area contributed by atoms with Crippen LogP contribution in [-0.2, 0) is 4.74 Å². The number of nitrogens with one attached hydrogen (secondary N) is 1. The first-order valence-corrected chi connectivity index (χ1v) is 9.31. The third kappa shape index (κ3) is 7.76. The largest absolute Gasteiger partial charge is 0.457 e. The van der Waals surface area contributed by atoms with Crippen LogP contribution in [0, 0.1) is 0 Å². The van der Waals surface area contributed by atoms with Crippen molar-refractivity contribution in [2.75, 3.05) is 18.5 Å². The summed E-state index contributed by atoms with van der Waals surface area (Å²) in [7, 11) is 0. The molecule has 27 heavy (non-hydrogen) atoms. The number of benzene rings is 2. The molecular weight excluding hydrogens is 453 g/mol. The van der Waals surface area contributed by atoms with E-state index in [0.29, 0.717) is 18.6 Å². The summed E-state index contributed by atoms with van der Waals surface area (Å²) >= 11 is 0. The van der Waals surface area contributed by atoms with Gasteiger partial charge in [-0.3, -0.25) is 4.99 Å². The topological polar surface area (TPSA) is 68.9 Å². The van der Waals surface area contributed by atoms with Crippen molar-refractivity contribution in [2.45, 2.75) is 38.2 Å². The van der Waals surface area contributed by atoms with E-state index in [1.165, 1.54) is 19.3 Å². The van der Waals surface area contributed by atoms with E-state index in [4.69, 9.17) is 15.2 Å². The predicted octanol–water partition coefficient (Wildman–Crippen LogP) is 5.17. The van der Waals surface area contributed by atoms with Crippen molar-refractivity contribution >= 4 is 35.6 Å². The van der Waals surface area contributed by atoms with E-state index >= 15 is 0 Å². The van der Waals surface area contributed by atoms with Crippen molar-refractivity contribution < 1.29 is 9.47 Å². The highest BCUT2D eigenvalue weighted by molar-refractivity contribution is 14.0. The molecule has 0 aromatic heterocycles. The minimum atomic E-state index is 0. The number of nitrogens with two attached hydrogens (primary N) is 1. The zero-order chi connectivity index (χ0) is 18.0. The van der Waals surface area contributed by atoms with E-state index < -0.39 is 0 Å². The van der Waals surface area contributed by atoms with Crippen LogP contribution in [0.3, 0.4) is 0 Å². The van der Waals surface area contributed by atoms with E-state index in [-0.39, 0.29) is 24.0 Å². The molecule has 5 nitrogen and oxygen atoms in total. The molecular formula is C21H28IN3O2. The number of hydrogen-bond donors (Lipinski definition) is 2. The Morgan fingerprint density at radius 2 is 1.93 bits per heavy atom. The SMILES string of the molecule is I.NC(=NCCCC1CCCCO1)Nc1cccc(Oc2ccccc2)c1. The average molecular weight is 481 g/mol. The third-order valence-electron chi connectivity index (χ3n) is 4.33. The highest BCUT2D eigenvalue weighted by atomic mass is 127. The van der Waals surface area contributed by atoms with Crippen LogP contribution >= 0.6 is 24.0 Å². The highest BCUT2D eigenvalue weighted by Crippen LogP contribution is 2.23. The Labute approximate surface area is 178 Å². The van der Waals surface area contributed by atoms with E-state index in [1.54, 1.807) is 0 Å². The van der Waals surface area contributed by atoms with Crippen molar-refractivity contribution in [1.29, 1.82) is 0 Å². The molecule has 1 aliphatic heterocycles. The maximum atomic E-state index is 5.99. The molecule has 3 N–H and O–H groups in total. The minimum Gasteiger partial charge on any atom is -0.457 e. The van der Waals surface area contributed by atoms with Gasteiger partial charge in [-0.1, -0.05) is 24.3 Å². The van der Waals surface area contributed by atoms with Crippen molar-refractivity contribution in [3.8, 4) is 11.5 Å². The quantitative estimate of drug-likeness (QED) is 0.248. The maximum Gasteiger partial charge on any atom is 0.193 e. The highest BCUT2D eigenvalue weighted by Gasteiger charge is 2.12. The van der Waals surface area contributed by atoms with Gasteiger partial charge in [-0.25, -0.2) is 0 Å². The van der Waals surface area contributed by atoms with Crippen LogP contribution in [-0.4, -0.2) is 25.2 Å². The van der Waals surface area contributed by atoms with Crippen LogP contribution in [0.25, 0.3) is 0 Å². The summed E-state index contributed by atoms with van der Waals surface area (Å²) in [6.07, 6.45) is 6.09. The van der Waals surface area contributed by atoms with Crippen LogP contribution < -0.4 is 15.8 Å². The molecule has 0 aliphatic carbocycles. The number of guanidine groups is 1. The van der Waals surface area contributed by atoms with E-state index in [1.807, 2.05) is 54.6 Å². The molecule has 0 bridgehead atoms. The number of hydrogen-bond acceptors (Lipinski definition) is 3. The molecule has 0 amide bonds. The second kappa shape index (κ2) is 11.8. The Balaban J connectivity index is 0.00000261. The molecule has 2 aromatic carbocycles. The van der Waals surface area contributed by atoms with Gasteiger partial charge in [-0.2, -0.15) is 0 Å². The normalized spacial score (nSPS) is 17.0. The number of para-hydroxylation sites is 1. The number of rotatable bonds is 7. The van der Waals surface area contributed by atoms with Gasteiger partial charge < -0.3 is 20.5 Å². The second-order valence-electron chi connectivity index (χ2n) is 6.47. The first kappa shape index (κ1) is 21.5. The first-order valence-electron chi connectivity index (χ1n) is 9.31. The minimum absolute atomic E-state index is 0. The Bertz CT molecular complexity index is 704. The Hall–Kier alpha value is -1.80. The summed E-state index contributed by atoms with van der Waals surface area (Å²) in [5.41, 5.74) is 6.85. The summed E-state index contributed by atoms with van der Waals surface area (Å²) in [5.74, 6) is 1.98. The standard InChI is InChI=1S/C21H27N3O2.HI/c22-21(23-14-7-13-18-9-4-5-15-25-18)24-17-8-6-12-20(16-17)26-19-10-2-1-3-11-19;/h1-3,6,8,10-12,16,18H,4-5,7,9,13-15H2,(H3,22,23,24);1H. The molecule has 146 valence electrons. The van der Waals surface area contributed by atoms with Gasteiger partial charge in [-0.05, 0) is 56.4 Å². The fraction of sp³-hybridized carbons (Fsp3) is 0.381. The van der Waals surface area contributed by atoms with Crippen molar-refractivity contribution in [1.82, 2.24) is 0 Å². The second-order valence-corrected chi connectivity index (χ2v) is 6.47. The van der Waals surface area contributed by atoms with Gasteiger partial charge in [0, 0.05) is 24.9 Å². The molecule has 3 rings (SSSR count). The van der Waals surface area contributed by atoms with Crippen LogP contribution in [0.5, 0.6) is 11.5 Å². The fourth-order valence-electron chi connectivity index (χ4n) is 3.00. The average Bonchev–Trinajstić information content (AvgIpc) is 2.67. The van der Waals surface area contributed by atoms with Gasteiger partial charge in [-0.15, -0.1) is 24.0 Å². The molecule has 0 radical (unpaired) electrons. The van der Waals surface area contributed by atoms with Crippen LogP contribution in [0.1, 0.15) is 32.1 Å². The molecule has 1 unspecified atom stereocenters. The lowest BCUT2D eigenvalue weighted by Crippen LogP contribution is -2.23. The molecule has 1 fully saturated rings. The van der Waals surface area contributed by atoms with E-state index in [9.17, 15) is 0 Å². The van der Waals surface area contributed by atoms with Gasteiger partial charge >= 0.3 is 0 Å². The zero-order valence-electron chi connectivity index (χ0n) is 15.5. The molecule has 1 saturated heterocycles. The molecule has 0 spiro atoms. The van der Waals surface area contributed by atoms with Crippen molar-refractivity contribution in [3.63, 3.8) is 0 Å². The monoisotopic (exact) mass is 481 g/mol. The molecule has 1 heterocycles. The lowest BCUT2D eigenvalue weighted by molar-refractivity contribution is 0.0105.